The number of benzene rings is 1. The van der Waals surface area contributed by atoms with Gasteiger partial charge in [-0.2, -0.15) is 0 Å². The van der Waals surface area contributed by atoms with E-state index in [2.05, 4.69) is 6.92 Å². The molecule has 5 heteroatoms. The van der Waals surface area contributed by atoms with Gasteiger partial charge in [0, 0.05) is 12.0 Å². The highest BCUT2D eigenvalue weighted by molar-refractivity contribution is 5.97. The molecule has 0 aliphatic carbocycles. The van der Waals surface area contributed by atoms with Crippen molar-refractivity contribution in [3.05, 3.63) is 39.3 Å². The maximum absolute atomic E-state index is 12.3. The molecule has 3 atom stereocenters. The highest BCUT2D eigenvalue weighted by Gasteiger charge is 2.40. The summed E-state index contributed by atoms with van der Waals surface area (Å²) >= 11 is 0. The van der Waals surface area contributed by atoms with E-state index < -0.39 is 17.3 Å². The van der Waals surface area contributed by atoms with Crippen LogP contribution in [0.3, 0.4) is 0 Å². The molecule has 0 saturated carbocycles. The summed E-state index contributed by atoms with van der Waals surface area (Å²) in [6.45, 7) is 10.1. The molecule has 0 bridgehead atoms. The molecule has 1 aromatic heterocycles. The van der Waals surface area contributed by atoms with Crippen molar-refractivity contribution >= 4 is 17.0 Å². The molecule has 1 N–H and O–H groups in total. The van der Waals surface area contributed by atoms with Crippen LogP contribution in [0.1, 0.15) is 70.3 Å². The second-order valence-corrected chi connectivity index (χ2v) is 8.44. The Kier molecular flexibility index (Phi) is 4.53. The number of rotatable bonds is 3. The molecular formula is C23H28O5. The molecule has 2 aliphatic rings. The number of ether oxygens (including phenoxy) is 2. The summed E-state index contributed by atoms with van der Waals surface area (Å²) < 4.78 is 18.3. The predicted octanol–water partition coefficient (Wildman–Crippen LogP) is 4.77. The van der Waals surface area contributed by atoms with E-state index in [-0.39, 0.29) is 12.0 Å². The third-order valence-corrected chi connectivity index (χ3v) is 5.84. The van der Waals surface area contributed by atoms with Gasteiger partial charge in [-0.25, -0.2) is 4.79 Å². The van der Waals surface area contributed by atoms with Crippen molar-refractivity contribution in [3.63, 3.8) is 0 Å². The summed E-state index contributed by atoms with van der Waals surface area (Å²) in [5.41, 5.74) is 1.76. The van der Waals surface area contributed by atoms with E-state index in [1.807, 2.05) is 39.8 Å². The Morgan fingerprint density at radius 2 is 1.96 bits per heavy atom. The van der Waals surface area contributed by atoms with Crippen LogP contribution in [0.2, 0.25) is 0 Å². The van der Waals surface area contributed by atoms with Crippen LogP contribution in [-0.2, 0) is 6.42 Å². The molecule has 3 heterocycles. The van der Waals surface area contributed by atoms with Crippen LogP contribution in [0, 0.1) is 5.92 Å². The van der Waals surface area contributed by atoms with Crippen LogP contribution in [0.4, 0.5) is 0 Å². The SMILES string of the molecule is CCCc1cc(=O)oc2c3c(c4c(c12)OC(C)(C)C=C4)O[C@H](CC)[C@@H](C)[C@@H]3O. The molecule has 0 spiro atoms. The van der Waals surface area contributed by atoms with Crippen molar-refractivity contribution in [2.75, 3.05) is 0 Å². The van der Waals surface area contributed by atoms with Gasteiger partial charge in [0.05, 0.1) is 22.6 Å². The minimum absolute atomic E-state index is 0.108. The van der Waals surface area contributed by atoms with E-state index in [0.717, 1.165) is 35.8 Å². The second-order valence-electron chi connectivity index (χ2n) is 8.44. The van der Waals surface area contributed by atoms with Crippen LogP contribution < -0.4 is 15.1 Å². The number of aliphatic hydroxyl groups is 1. The first-order valence-corrected chi connectivity index (χ1v) is 10.2. The van der Waals surface area contributed by atoms with Crippen LogP contribution in [0.25, 0.3) is 17.0 Å². The lowest BCUT2D eigenvalue weighted by molar-refractivity contribution is 0.00712. The van der Waals surface area contributed by atoms with Crippen LogP contribution in [0.15, 0.2) is 21.4 Å². The summed E-state index contributed by atoms with van der Waals surface area (Å²) in [5.74, 6) is 1.14. The van der Waals surface area contributed by atoms with Gasteiger partial charge >= 0.3 is 5.63 Å². The largest absolute Gasteiger partial charge is 0.489 e. The zero-order valence-electron chi connectivity index (χ0n) is 17.2. The van der Waals surface area contributed by atoms with Crippen molar-refractivity contribution in [1.82, 2.24) is 0 Å². The lowest BCUT2D eigenvalue weighted by Crippen LogP contribution is -2.35. The van der Waals surface area contributed by atoms with E-state index in [0.29, 0.717) is 22.6 Å². The predicted molar refractivity (Wildman–Crippen MR) is 109 cm³/mol. The van der Waals surface area contributed by atoms with Crippen LogP contribution in [0.5, 0.6) is 11.5 Å². The van der Waals surface area contributed by atoms with Crippen LogP contribution in [-0.4, -0.2) is 16.8 Å². The maximum atomic E-state index is 12.3. The first-order chi connectivity index (χ1) is 13.3. The van der Waals surface area contributed by atoms with Gasteiger partial charge in [0.2, 0.25) is 0 Å². The Bertz CT molecular complexity index is 1010. The Labute approximate surface area is 165 Å². The topological polar surface area (TPSA) is 68.9 Å². The third-order valence-electron chi connectivity index (χ3n) is 5.84. The monoisotopic (exact) mass is 384 g/mol. The normalized spacial score (nSPS) is 25.0. The average molecular weight is 384 g/mol. The minimum atomic E-state index is -0.773. The lowest BCUT2D eigenvalue weighted by atomic mass is 9.84. The van der Waals surface area contributed by atoms with E-state index in [1.54, 1.807) is 6.07 Å². The van der Waals surface area contributed by atoms with Gasteiger partial charge in [-0.1, -0.05) is 27.2 Å². The molecule has 2 aliphatic heterocycles. The number of aryl methyl sites for hydroxylation is 1. The standard InChI is InChI=1S/C23H28O5/c1-6-8-13-11-16(24)27-22-17(13)21-14(9-10-23(4,5)28-21)20-18(22)19(25)12(3)15(7-2)26-20/h9-12,15,19,25H,6-8H2,1-5H3/t12-,15-,19+/m1/s1. The molecule has 2 aromatic rings. The van der Waals surface area contributed by atoms with Crippen molar-refractivity contribution in [2.45, 2.75) is 71.7 Å². The van der Waals surface area contributed by atoms with Crippen molar-refractivity contribution < 1.29 is 19.0 Å². The number of hydrogen-bond donors (Lipinski definition) is 1. The fourth-order valence-electron chi connectivity index (χ4n) is 4.35. The zero-order valence-corrected chi connectivity index (χ0v) is 17.2. The van der Waals surface area contributed by atoms with Crippen molar-refractivity contribution in [1.29, 1.82) is 0 Å². The molecule has 0 amide bonds. The summed E-state index contributed by atoms with van der Waals surface area (Å²) in [6, 6.07) is 1.54. The molecule has 1 aromatic carbocycles. The Balaban J connectivity index is 2.14. The molecule has 0 unspecified atom stereocenters. The van der Waals surface area contributed by atoms with Gasteiger partial charge in [0.15, 0.2) is 5.58 Å². The molecule has 28 heavy (non-hydrogen) atoms. The highest BCUT2D eigenvalue weighted by atomic mass is 16.5. The van der Waals surface area contributed by atoms with Gasteiger partial charge in [-0.15, -0.1) is 0 Å². The smallest absolute Gasteiger partial charge is 0.336 e. The van der Waals surface area contributed by atoms with Crippen LogP contribution >= 0.6 is 0 Å². The van der Waals surface area contributed by atoms with E-state index in [1.165, 1.54) is 0 Å². The molecule has 5 nitrogen and oxygen atoms in total. The first-order valence-electron chi connectivity index (χ1n) is 10.2. The molecular weight excluding hydrogens is 356 g/mol. The zero-order chi connectivity index (χ0) is 20.2. The number of fused-ring (bicyclic) bond motifs is 6. The molecule has 0 fully saturated rings. The van der Waals surface area contributed by atoms with E-state index >= 15 is 0 Å². The lowest BCUT2D eigenvalue weighted by Gasteiger charge is -2.38. The number of hydrogen-bond acceptors (Lipinski definition) is 5. The Morgan fingerprint density at radius 1 is 1.21 bits per heavy atom. The van der Waals surface area contributed by atoms with Gasteiger partial charge in [-0.05, 0) is 44.4 Å². The van der Waals surface area contributed by atoms with Crippen molar-refractivity contribution in [3.8, 4) is 11.5 Å². The second kappa shape index (κ2) is 6.66. The fraction of sp³-hybridized carbons (Fsp3) is 0.522. The maximum Gasteiger partial charge on any atom is 0.336 e. The Hall–Kier alpha value is -2.27. The number of aliphatic hydroxyl groups excluding tert-OH is 1. The summed E-state index contributed by atoms with van der Waals surface area (Å²) in [5, 5.41) is 11.9. The molecule has 0 saturated heterocycles. The molecule has 150 valence electrons. The molecule has 0 radical (unpaired) electrons. The minimum Gasteiger partial charge on any atom is -0.489 e. The molecule has 4 rings (SSSR count). The van der Waals surface area contributed by atoms with E-state index in [9.17, 15) is 9.90 Å². The summed E-state index contributed by atoms with van der Waals surface area (Å²) in [7, 11) is 0. The summed E-state index contributed by atoms with van der Waals surface area (Å²) in [6.07, 6.45) is 5.51. The Morgan fingerprint density at radius 3 is 2.64 bits per heavy atom. The average Bonchev–Trinajstić information content (AvgIpc) is 2.63. The van der Waals surface area contributed by atoms with E-state index in [4.69, 9.17) is 13.9 Å². The van der Waals surface area contributed by atoms with Gasteiger partial charge in [0.1, 0.15) is 23.2 Å². The van der Waals surface area contributed by atoms with Gasteiger partial charge in [0.25, 0.3) is 0 Å². The van der Waals surface area contributed by atoms with Crippen molar-refractivity contribution in [2.24, 2.45) is 5.92 Å². The highest BCUT2D eigenvalue weighted by Crippen LogP contribution is 2.52. The fourth-order valence-corrected chi connectivity index (χ4v) is 4.35. The first kappa shape index (κ1) is 19.1. The summed E-state index contributed by atoms with van der Waals surface area (Å²) in [4.78, 5) is 12.3. The van der Waals surface area contributed by atoms with Gasteiger partial charge < -0.3 is 19.0 Å². The third kappa shape index (κ3) is 2.84. The quantitative estimate of drug-likeness (QED) is 0.772. The van der Waals surface area contributed by atoms with Gasteiger partial charge in [-0.3, -0.25) is 0 Å².